The molecule has 1 aromatic heterocycles. The molecule has 3 N–H and O–H groups in total. The van der Waals surface area contributed by atoms with Crippen LogP contribution in [0.25, 0.3) is 0 Å². The third-order valence-corrected chi connectivity index (χ3v) is 10.4. The number of fused-ring (bicyclic) bond motifs is 5. The largest absolute Gasteiger partial charge is 0.468 e. The number of nitrogens with zero attached hydrogens (tertiary/aromatic N) is 1. The van der Waals surface area contributed by atoms with E-state index in [0.29, 0.717) is 24.8 Å². The third kappa shape index (κ3) is 2.54. The van der Waals surface area contributed by atoms with Gasteiger partial charge in [0.05, 0.1) is 30.7 Å². The molecule has 0 bridgehead atoms. The Morgan fingerprint density at radius 1 is 1.03 bits per heavy atom. The smallest absolute Gasteiger partial charge is 0.302 e. The second-order valence-corrected chi connectivity index (χ2v) is 11.2. The van der Waals surface area contributed by atoms with E-state index in [9.17, 15) is 20.6 Å². The van der Waals surface area contributed by atoms with Gasteiger partial charge in [0.25, 0.3) is 0 Å². The fraction of sp³-hybridized carbons (Fsp3) is 0.800. The number of nitriles is 1. The van der Waals surface area contributed by atoms with Crippen molar-refractivity contribution in [2.24, 2.45) is 22.7 Å². The molecule has 170 valence electrons. The number of ether oxygens (including phenoxy) is 1. The lowest BCUT2D eigenvalue weighted by Gasteiger charge is -2.66. The summed E-state index contributed by atoms with van der Waals surface area (Å²) in [5.74, 6) is 0.657. The molecule has 8 atom stereocenters. The number of furan rings is 1. The van der Waals surface area contributed by atoms with Crippen LogP contribution in [0.15, 0.2) is 10.7 Å². The van der Waals surface area contributed by atoms with E-state index in [2.05, 4.69) is 19.9 Å². The van der Waals surface area contributed by atoms with Gasteiger partial charge in [0, 0.05) is 17.4 Å². The van der Waals surface area contributed by atoms with Crippen LogP contribution < -0.4 is 4.74 Å². The predicted octanol–water partition coefficient (Wildman–Crippen LogP) is 3.88. The van der Waals surface area contributed by atoms with Gasteiger partial charge in [-0.1, -0.05) is 13.8 Å². The average molecular weight is 430 g/mol. The molecule has 0 saturated heterocycles. The molecular weight excluding hydrogens is 394 g/mol. The summed E-state index contributed by atoms with van der Waals surface area (Å²) in [6, 6.07) is 2.25. The summed E-state index contributed by atoms with van der Waals surface area (Å²) in [7, 11) is 1.51. The first-order chi connectivity index (χ1) is 14.6. The first-order valence-corrected chi connectivity index (χ1v) is 11.8. The predicted molar refractivity (Wildman–Crippen MR) is 113 cm³/mol. The summed E-state index contributed by atoms with van der Waals surface area (Å²) in [4.78, 5) is 0. The normalized spacial score (nSPS) is 48.9. The Balaban J connectivity index is 1.51. The summed E-state index contributed by atoms with van der Waals surface area (Å²) in [6.45, 7) is 4.39. The van der Waals surface area contributed by atoms with E-state index in [1.807, 2.05) is 0 Å². The molecule has 1 heterocycles. The van der Waals surface area contributed by atoms with Crippen molar-refractivity contribution < 1.29 is 24.5 Å². The molecule has 0 spiro atoms. The minimum Gasteiger partial charge on any atom is -0.468 e. The number of hydrogen-bond acceptors (Lipinski definition) is 6. The highest BCUT2D eigenvalue weighted by atomic mass is 16.6. The molecule has 31 heavy (non-hydrogen) atoms. The van der Waals surface area contributed by atoms with Gasteiger partial charge in [-0.25, -0.2) is 0 Å². The van der Waals surface area contributed by atoms with Crippen molar-refractivity contribution in [1.82, 2.24) is 0 Å². The Bertz CT molecular complexity index is 922. The summed E-state index contributed by atoms with van der Waals surface area (Å²) in [5.41, 5.74) is -1.00. The minimum absolute atomic E-state index is 0.0440. The molecule has 0 unspecified atom stereocenters. The van der Waals surface area contributed by atoms with Crippen LogP contribution in [0.5, 0.6) is 5.95 Å². The summed E-state index contributed by atoms with van der Waals surface area (Å²) in [5, 5.41) is 43.8. The van der Waals surface area contributed by atoms with E-state index >= 15 is 0 Å². The highest BCUT2D eigenvalue weighted by Crippen LogP contribution is 2.71. The van der Waals surface area contributed by atoms with E-state index in [-0.39, 0.29) is 34.5 Å². The molecule has 0 aromatic carbocycles. The second kappa shape index (κ2) is 6.73. The number of methoxy groups -OCH3 is 1. The van der Waals surface area contributed by atoms with Gasteiger partial charge < -0.3 is 24.5 Å². The van der Waals surface area contributed by atoms with Crippen molar-refractivity contribution in [2.45, 2.75) is 94.9 Å². The quantitative estimate of drug-likeness (QED) is 0.659. The molecule has 6 nitrogen and oxygen atoms in total. The van der Waals surface area contributed by atoms with Gasteiger partial charge in [-0.05, 0) is 74.5 Å². The fourth-order valence-electron chi connectivity index (χ4n) is 8.57. The zero-order valence-corrected chi connectivity index (χ0v) is 18.9. The Hall–Kier alpha value is -1.55. The lowest BCUT2D eigenvalue weighted by molar-refractivity contribution is -0.253. The Kier molecular flexibility index (Phi) is 4.62. The van der Waals surface area contributed by atoms with Crippen molar-refractivity contribution in [2.75, 3.05) is 7.11 Å². The third-order valence-electron chi connectivity index (χ3n) is 10.4. The summed E-state index contributed by atoms with van der Waals surface area (Å²) >= 11 is 0. The van der Waals surface area contributed by atoms with Gasteiger partial charge >= 0.3 is 5.95 Å². The molecule has 4 aliphatic rings. The van der Waals surface area contributed by atoms with Gasteiger partial charge in [0.2, 0.25) is 0 Å². The van der Waals surface area contributed by atoms with Gasteiger partial charge in [-0.3, -0.25) is 0 Å². The Morgan fingerprint density at radius 3 is 2.45 bits per heavy atom. The van der Waals surface area contributed by atoms with Crippen LogP contribution in [0.3, 0.4) is 0 Å². The van der Waals surface area contributed by atoms with Crippen LogP contribution in [0.1, 0.15) is 88.7 Å². The van der Waals surface area contributed by atoms with Crippen LogP contribution >= 0.6 is 0 Å². The van der Waals surface area contributed by atoms with Gasteiger partial charge in [0.1, 0.15) is 11.6 Å². The molecule has 0 amide bonds. The fourth-order valence-corrected chi connectivity index (χ4v) is 8.57. The minimum atomic E-state index is -0.847. The lowest BCUT2D eigenvalue weighted by atomic mass is 9.42. The SMILES string of the molecule is COc1occ([C@H]2CC[C@]3(O)[C@@H]4CC[C@]5(O)C[C@@H](O)CC[C@]5(C)[C@H]4CC[C@]23C)c1C#N. The van der Waals surface area contributed by atoms with Crippen LogP contribution in [0.4, 0.5) is 0 Å². The van der Waals surface area contributed by atoms with Crippen molar-refractivity contribution in [1.29, 1.82) is 5.26 Å². The number of aliphatic hydroxyl groups excluding tert-OH is 1. The highest BCUT2D eigenvalue weighted by Gasteiger charge is 2.70. The Labute approximate surface area is 184 Å². The zero-order valence-electron chi connectivity index (χ0n) is 18.9. The van der Waals surface area contributed by atoms with Crippen molar-refractivity contribution in [3.05, 3.63) is 17.4 Å². The van der Waals surface area contributed by atoms with E-state index < -0.39 is 17.3 Å². The maximum absolute atomic E-state index is 12.3. The van der Waals surface area contributed by atoms with Crippen LogP contribution in [0, 0.1) is 34.0 Å². The van der Waals surface area contributed by atoms with Gasteiger partial charge in [-0.15, -0.1) is 0 Å². The first-order valence-electron chi connectivity index (χ1n) is 11.8. The number of rotatable bonds is 2. The zero-order chi connectivity index (χ0) is 22.2. The monoisotopic (exact) mass is 429 g/mol. The van der Waals surface area contributed by atoms with Crippen molar-refractivity contribution in [3.8, 4) is 12.0 Å². The van der Waals surface area contributed by atoms with Crippen molar-refractivity contribution >= 4 is 0 Å². The molecule has 4 saturated carbocycles. The molecule has 5 rings (SSSR count). The maximum atomic E-state index is 12.3. The van der Waals surface area contributed by atoms with Gasteiger partial charge in [-0.2, -0.15) is 5.26 Å². The molecule has 0 aliphatic heterocycles. The van der Waals surface area contributed by atoms with Crippen LogP contribution in [-0.4, -0.2) is 39.7 Å². The first kappa shape index (κ1) is 21.3. The maximum Gasteiger partial charge on any atom is 0.302 e. The Morgan fingerprint density at radius 2 is 1.74 bits per heavy atom. The second-order valence-electron chi connectivity index (χ2n) is 11.2. The molecule has 4 aliphatic carbocycles. The van der Waals surface area contributed by atoms with Crippen LogP contribution in [-0.2, 0) is 0 Å². The lowest BCUT2D eigenvalue weighted by Crippen LogP contribution is -2.67. The number of hydrogen-bond donors (Lipinski definition) is 3. The highest BCUT2D eigenvalue weighted by molar-refractivity contribution is 5.47. The molecule has 0 radical (unpaired) electrons. The average Bonchev–Trinajstić information content (AvgIpc) is 3.26. The molecular formula is C25H35NO5. The topological polar surface area (TPSA) is 107 Å². The molecule has 6 heteroatoms. The van der Waals surface area contributed by atoms with E-state index in [4.69, 9.17) is 9.15 Å². The molecule has 1 aromatic rings. The standard InChI is InChI=1S/C25H35NO5/c1-22-8-4-15(27)12-24(22,28)10-6-20-19(22)5-9-23(2)18(7-11-25(20,23)29)17-14-31-21(30-3)16(17)13-26/h14-15,18-20,27-29H,4-12H2,1-3H3/t15-,18+,19-,20+,22+,23+,24-,25-/m0/s1. The van der Waals surface area contributed by atoms with Crippen LogP contribution in [0.2, 0.25) is 0 Å². The molecule has 4 fully saturated rings. The van der Waals surface area contributed by atoms with E-state index in [0.717, 1.165) is 44.1 Å². The number of aliphatic hydroxyl groups is 3. The van der Waals surface area contributed by atoms with Gasteiger partial charge in [0.15, 0.2) is 0 Å². The van der Waals surface area contributed by atoms with E-state index in [1.165, 1.54) is 7.11 Å². The van der Waals surface area contributed by atoms with Crippen molar-refractivity contribution in [3.63, 3.8) is 0 Å². The summed E-state index contributed by atoms with van der Waals surface area (Å²) < 4.78 is 10.8. The van der Waals surface area contributed by atoms with E-state index in [1.54, 1.807) is 6.26 Å². The summed E-state index contributed by atoms with van der Waals surface area (Å²) in [6.07, 6.45) is 7.92.